The fourth-order valence-corrected chi connectivity index (χ4v) is 0.612. The van der Waals surface area contributed by atoms with Crippen molar-refractivity contribution in [2.24, 2.45) is 0 Å². The van der Waals surface area contributed by atoms with Gasteiger partial charge in [0.15, 0.2) is 0 Å². The van der Waals surface area contributed by atoms with E-state index in [2.05, 4.69) is 8.67 Å². The van der Waals surface area contributed by atoms with Gasteiger partial charge < -0.3 is 9.11 Å². The topological polar surface area (TPSA) is 133 Å². The second-order valence-corrected chi connectivity index (χ2v) is 2.86. The molecule has 0 aliphatic heterocycles. The molecule has 0 aliphatic rings. The molecule has 0 N–H and O–H groups in total. The van der Waals surface area contributed by atoms with Crippen molar-refractivity contribution in [3.8, 4) is 0 Å². The zero-order chi connectivity index (χ0) is 8.41. The van der Waals surface area contributed by atoms with Crippen LogP contribution in [-0.4, -0.2) is 25.9 Å². The minimum absolute atomic E-state index is 0. The van der Waals surface area contributed by atoms with E-state index in [1.807, 2.05) is 0 Å². The van der Waals surface area contributed by atoms with Crippen LogP contribution in [0, 0.1) is 0 Å². The molecule has 0 radical (unpaired) electrons. The van der Waals surface area contributed by atoms with Gasteiger partial charge in [0.05, 0.1) is 0 Å². The van der Waals surface area contributed by atoms with Gasteiger partial charge in [0.1, 0.15) is 0 Å². The third kappa shape index (κ3) is 17.4. The third-order valence-electron chi connectivity index (χ3n) is 0.194. The molecule has 0 aromatic rings. The average Bonchev–Trinajstić information content (AvgIpc) is 1.57. The molecule has 0 amide bonds. The summed E-state index contributed by atoms with van der Waals surface area (Å²) < 4.78 is 61.5. The second-order valence-electron chi connectivity index (χ2n) is 0.953. The molecule has 0 atom stereocenters. The zero-order valence-electron chi connectivity index (χ0n) is 6.08. The molecule has 0 saturated carbocycles. The van der Waals surface area contributed by atoms with Crippen LogP contribution in [0.1, 0.15) is 0 Å². The fourth-order valence-electron chi connectivity index (χ4n) is 0.0680. The van der Waals surface area contributed by atoms with Crippen molar-refractivity contribution in [3.05, 3.63) is 0 Å². The molecule has 12 heavy (non-hydrogen) atoms. The van der Waals surface area contributed by atoms with E-state index in [1.165, 1.54) is 0 Å². The van der Waals surface area contributed by atoms with Gasteiger partial charge in [0.25, 0.3) is 0 Å². The van der Waals surface area contributed by atoms with Gasteiger partial charge in [-0.05, 0) is 0 Å². The van der Waals surface area contributed by atoms with E-state index in [4.69, 9.17) is 0 Å². The van der Waals surface area contributed by atoms with Crippen LogP contribution in [0.5, 0.6) is 0 Å². The van der Waals surface area contributed by atoms with Crippen molar-refractivity contribution >= 4 is 20.8 Å². The van der Waals surface area contributed by atoms with Crippen molar-refractivity contribution in [1.82, 2.24) is 0 Å². The van der Waals surface area contributed by atoms with E-state index < -0.39 is 20.8 Å². The Hall–Kier alpha value is 1.34. The van der Waals surface area contributed by atoms with Gasteiger partial charge in [0, 0.05) is 0 Å². The first kappa shape index (κ1) is 19.0. The van der Waals surface area contributed by atoms with Gasteiger partial charge in [-0.15, -0.1) is 8.67 Å². The van der Waals surface area contributed by atoms with Crippen molar-refractivity contribution in [1.29, 1.82) is 0 Å². The molecule has 8 nitrogen and oxygen atoms in total. The Morgan fingerprint density at radius 3 is 1.08 bits per heavy atom. The molecule has 62 valence electrons. The monoisotopic (exact) mass is 222 g/mol. The molecule has 0 unspecified atom stereocenters. The molecule has 0 rings (SSSR count). The first-order chi connectivity index (χ1) is 4.21. The summed E-state index contributed by atoms with van der Waals surface area (Å²) in [4.78, 5) is 0. The molecular formula is LiNaO8S2. The second kappa shape index (κ2) is 6.74. The molecule has 12 heteroatoms. The summed E-state index contributed by atoms with van der Waals surface area (Å²) in [6.07, 6.45) is 0. The number of hydrogen-bond acceptors (Lipinski definition) is 8. The van der Waals surface area contributed by atoms with Crippen molar-refractivity contribution in [3.63, 3.8) is 0 Å². The van der Waals surface area contributed by atoms with Crippen LogP contribution < -0.4 is 48.4 Å². The molecular weight excluding hydrogens is 222 g/mol. The maximum atomic E-state index is 9.37. The maximum Gasteiger partial charge on any atom is 1.00 e. The van der Waals surface area contributed by atoms with Gasteiger partial charge in [-0.25, -0.2) is 16.8 Å². The Balaban J connectivity index is -0.000000405. The summed E-state index contributed by atoms with van der Waals surface area (Å²) in [5, 5.41) is 0. The molecule has 0 aromatic carbocycles. The van der Waals surface area contributed by atoms with E-state index in [-0.39, 0.29) is 48.4 Å². The minimum Gasteiger partial charge on any atom is -0.724 e. The third-order valence-corrected chi connectivity index (χ3v) is 0.750. The summed E-state index contributed by atoms with van der Waals surface area (Å²) in [5.41, 5.74) is 0. The standard InChI is InChI=1S/Li.Na.H2O8S2/c;;1-9(2,3)7-8-10(4,5)6/h;;(H,1,2,3)(H,4,5,6)/q2*+1;/p-2. The van der Waals surface area contributed by atoms with Gasteiger partial charge in [0.2, 0.25) is 20.8 Å². The Morgan fingerprint density at radius 2 is 1.00 bits per heavy atom. The molecule has 0 fully saturated rings. The van der Waals surface area contributed by atoms with Gasteiger partial charge >= 0.3 is 48.4 Å². The number of hydrogen-bond donors (Lipinski definition) is 0. The van der Waals surface area contributed by atoms with E-state index in [0.717, 1.165) is 0 Å². The smallest absolute Gasteiger partial charge is 0.724 e. The average molecular weight is 222 g/mol. The molecule has 0 spiro atoms. The van der Waals surface area contributed by atoms with Crippen LogP contribution >= 0.6 is 0 Å². The van der Waals surface area contributed by atoms with E-state index in [9.17, 15) is 25.9 Å². The number of rotatable bonds is 3. The maximum absolute atomic E-state index is 9.37. The Bertz CT molecular complexity index is 253. The largest absolute Gasteiger partial charge is 1.00 e. The van der Waals surface area contributed by atoms with Crippen molar-refractivity contribution in [2.45, 2.75) is 0 Å². The molecule has 0 heterocycles. The zero-order valence-corrected chi connectivity index (χ0v) is 9.72. The van der Waals surface area contributed by atoms with Crippen LogP contribution in [0.3, 0.4) is 0 Å². The van der Waals surface area contributed by atoms with E-state index >= 15 is 0 Å². The van der Waals surface area contributed by atoms with E-state index in [1.54, 1.807) is 0 Å². The predicted octanol–water partition coefficient (Wildman–Crippen LogP) is -8.14. The van der Waals surface area contributed by atoms with Gasteiger partial charge in [-0.3, -0.25) is 0 Å². The summed E-state index contributed by atoms with van der Waals surface area (Å²) in [6.45, 7) is 0. The van der Waals surface area contributed by atoms with Crippen molar-refractivity contribution in [2.75, 3.05) is 0 Å². The first-order valence-corrected chi connectivity index (χ1v) is 4.17. The summed E-state index contributed by atoms with van der Waals surface area (Å²) in [5.74, 6) is 0. The van der Waals surface area contributed by atoms with Crippen LogP contribution in [0.4, 0.5) is 0 Å². The van der Waals surface area contributed by atoms with Gasteiger partial charge in [-0.2, -0.15) is 0 Å². The Labute approximate surface area is 103 Å². The van der Waals surface area contributed by atoms with Crippen molar-refractivity contribution < 1.29 is 83.0 Å². The molecule has 0 aromatic heterocycles. The normalized spacial score (nSPS) is 11.2. The Morgan fingerprint density at radius 1 is 0.833 bits per heavy atom. The fraction of sp³-hybridized carbons (Fsp3) is 0. The van der Waals surface area contributed by atoms with Crippen LogP contribution in [0.15, 0.2) is 0 Å². The summed E-state index contributed by atoms with van der Waals surface area (Å²) in [7, 11) is -10.6. The summed E-state index contributed by atoms with van der Waals surface area (Å²) in [6, 6.07) is 0. The predicted molar refractivity (Wildman–Crippen MR) is 21.6 cm³/mol. The SMILES string of the molecule is O=S(=O)([O-])OOS(=O)(=O)[O-].[Li+].[Na+]. The Kier molecular flexibility index (Phi) is 10.7. The van der Waals surface area contributed by atoms with Gasteiger partial charge in [-0.1, -0.05) is 0 Å². The van der Waals surface area contributed by atoms with Crippen LogP contribution in [0.2, 0.25) is 0 Å². The molecule has 0 saturated heterocycles. The quantitative estimate of drug-likeness (QED) is 0.151. The van der Waals surface area contributed by atoms with Crippen LogP contribution in [-0.2, 0) is 29.5 Å². The molecule has 0 bridgehead atoms. The first-order valence-electron chi connectivity index (χ1n) is 1.50. The van der Waals surface area contributed by atoms with E-state index in [0.29, 0.717) is 0 Å². The molecule has 0 aliphatic carbocycles. The summed E-state index contributed by atoms with van der Waals surface area (Å²) >= 11 is 0. The minimum atomic E-state index is -5.31. The van der Waals surface area contributed by atoms with Crippen LogP contribution in [0.25, 0.3) is 0 Å².